The number of hydrogen-bond donors (Lipinski definition) is 0. The average molecular weight is 369 g/mol. The van der Waals surface area contributed by atoms with Gasteiger partial charge in [0.05, 0.1) is 10.9 Å². The number of para-hydroxylation sites is 2. The van der Waals surface area contributed by atoms with Crippen molar-refractivity contribution in [2.45, 2.75) is 9.79 Å². The number of ketones is 1. The normalized spacial score (nSPS) is 12.9. The van der Waals surface area contributed by atoms with Gasteiger partial charge in [-0.2, -0.15) is 0 Å². The van der Waals surface area contributed by atoms with Crippen LogP contribution in [0.1, 0.15) is 10.4 Å². The second-order valence-corrected chi connectivity index (χ2v) is 8.47. The molecule has 4 aromatic carbocycles. The van der Waals surface area contributed by atoms with Crippen LogP contribution in [0.2, 0.25) is 0 Å². The fraction of sp³-hybridized carbons (Fsp3) is 0.0417. The second kappa shape index (κ2) is 6.60. The molecule has 0 atom stereocenters. The molecule has 1 aliphatic heterocycles. The van der Waals surface area contributed by atoms with Crippen LogP contribution in [-0.2, 0) is 10.9 Å². The Morgan fingerprint density at radius 3 is 2.00 bits per heavy atom. The molecule has 0 aliphatic carbocycles. The van der Waals surface area contributed by atoms with Gasteiger partial charge in [-0.05, 0) is 41.1 Å². The molecular formula is C24H17O2S+. The molecule has 0 bridgehead atoms. The minimum absolute atomic E-state index is 0.163. The summed E-state index contributed by atoms with van der Waals surface area (Å²) in [6.07, 6.45) is 0. The molecule has 130 valence electrons. The van der Waals surface area contributed by atoms with Crippen LogP contribution in [0, 0.1) is 0 Å². The number of carbonyl (C=O) groups excluding carboxylic acids is 1. The van der Waals surface area contributed by atoms with Gasteiger partial charge in [-0.15, -0.1) is 0 Å². The number of Topliss-reactive ketones (excluding diaryl/α,β-unsaturated/α-hetero) is 1. The van der Waals surface area contributed by atoms with E-state index in [1.165, 1.54) is 0 Å². The van der Waals surface area contributed by atoms with Crippen molar-refractivity contribution in [1.29, 1.82) is 0 Å². The van der Waals surface area contributed by atoms with Crippen LogP contribution in [0.4, 0.5) is 0 Å². The van der Waals surface area contributed by atoms with E-state index < -0.39 is 0 Å². The van der Waals surface area contributed by atoms with E-state index in [1.54, 1.807) is 0 Å². The maximum atomic E-state index is 13.1. The molecule has 27 heavy (non-hydrogen) atoms. The Hall–Kier alpha value is -3.04. The number of ether oxygens (including phenoxy) is 1. The Kier molecular flexibility index (Phi) is 3.95. The predicted octanol–water partition coefficient (Wildman–Crippen LogP) is 5.86. The van der Waals surface area contributed by atoms with Crippen molar-refractivity contribution in [2.24, 2.45) is 0 Å². The van der Waals surface area contributed by atoms with Gasteiger partial charge in [0, 0.05) is 5.56 Å². The largest absolute Gasteiger partial charge is 0.447 e. The first kappa shape index (κ1) is 16.2. The summed E-state index contributed by atoms with van der Waals surface area (Å²) in [4.78, 5) is 15.3. The molecule has 0 saturated heterocycles. The minimum atomic E-state index is -0.333. The first-order valence-electron chi connectivity index (χ1n) is 8.88. The summed E-state index contributed by atoms with van der Waals surface area (Å²) in [6, 6.07) is 30.2. The summed E-state index contributed by atoms with van der Waals surface area (Å²) < 4.78 is 6.05. The fourth-order valence-electron chi connectivity index (χ4n) is 3.45. The molecule has 4 aromatic rings. The van der Waals surface area contributed by atoms with Crippen LogP contribution in [0.5, 0.6) is 11.5 Å². The van der Waals surface area contributed by atoms with Crippen LogP contribution >= 0.6 is 0 Å². The summed E-state index contributed by atoms with van der Waals surface area (Å²) in [5.41, 5.74) is 0.766. The molecule has 3 heteroatoms. The van der Waals surface area contributed by atoms with E-state index in [0.29, 0.717) is 5.75 Å². The van der Waals surface area contributed by atoms with Gasteiger partial charge in [-0.25, -0.2) is 0 Å². The van der Waals surface area contributed by atoms with Crippen molar-refractivity contribution in [3.05, 3.63) is 96.6 Å². The summed E-state index contributed by atoms with van der Waals surface area (Å²) in [5, 5.41) is 2.25. The third-order valence-electron chi connectivity index (χ3n) is 4.80. The lowest BCUT2D eigenvalue weighted by molar-refractivity contribution is 0.102. The van der Waals surface area contributed by atoms with Gasteiger partial charge in [0.15, 0.2) is 17.3 Å². The van der Waals surface area contributed by atoms with E-state index in [1.807, 2.05) is 72.8 Å². The lowest BCUT2D eigenvalue weighted by Crippen LogP contribution is -2.21. The SMILES string of the molecule is O=C(C[S+]1c2ccccc2Oc2ccccc21)c1ccc2ccccc2c1. The molecule has 1 aliphatic rings. The van der Waals surface area contributed by atoms with Crippen molar-refractivity contribution >= 4 is 27.5 Å². The molecule has 0 fully saturated rings. The Morgan fingerprint density at radius 2 is 1.30 bits per heavy atom. The molecule has 0 N–H and O–H groups in total. The maximum absolute atomic E-state index is 13.1. The summed E-state index contributed by atoms with van der Waals surface area (Å²) in [6.45, 7) is 0. The van der Waals surface area contributed by atoms with Crippen LogP contribution < -0.4 is 4.74 Å². The third kappa shape index (κ3) is 2.90. The highest BCUT2D eigenvalue weighted by molar-refractivity contribution is 7.97. The van der Waals surface area contributed by atoms with Crippen LogP contribution in [-0.4, -0.2) is 11.5 Å². The Balaban J connectivity index is 1.53. The standard InChI is InChI=1S/C24H17O2S/c25-20(19-14-13-17-7-1-2-8-18(17)15-19)16-27-23-11-5-3-9-21(23)26-22-10-4-6-12-24(22)27/h1-15H,16H2/q+1. The highest BCUT2D eigenvalue weighted by atomic mass is 32.2. The van der Waals surface area contributed by atoms with Crippen LogP contribution in [0.15, 0.2) is 101 Å². The van der Waals surface area contributed by atoms with E-state index in [4.69, 9.17) is 4.74 Å². The maximum Gasteiger partial charge on any atom is 0.212 e. The summed E-state index contributed by atoms with van der Waals surface area (Å²) >= 11 is 0. The Morgan fingerprint density at radius 1 is 0.704 bits per heavy atom. The first-order valence-corrected chi connectivity index (χ1v) is 10.3. The van der Waals surface area contributed by atoms with Gasteiger partial charge >= 0.3 is 0 Å². The van der Waals surface area contributed by atoms with Gasteiger partial charge in [-0.1, -0.05) is 60.7 Å². The molecule has 0 amide bonds. The van der Waals surface area contributed by atoms with E-state index in [-0.39, 0.29) is 16.7 Å². The first-order chi connectivity index (χ1) is 13.3. The van der Waals surface area contributed by atoms with Crippen molar-refractivity contribution < 1.29 is 9.53 Å². The van der Waals surface area contributed by atoms with Gasteiger partial charge in [-0.3, -0.25) is 4.79 Å². The van der Waals surface area contributed by atoms with Crippen molar-refractivity contribution in [2.75, 3.05) is 5.75 Å². The molecular weight excluding hydrogens is 352 g/mol. The van der Waals surface area contributed by atoms with Gasteiger partial charge < -0.3 is 4.74 Å². The molecule has 0 saturated carbocycles. The van der Waals surface area contributed by atoms with Crippen molar-refractivity contribution in [1.82, 2.24) is 0 Å². The Bertz CT molecular complexity index is 1120. The average Bonchev–Trinajstić information content (AvgIpc) is 2.73. The fourth-order valence-corrected chi connectivity index (χ4v) is 5.61. The minimum Gasteiger partial charge on any atom is -0.447 e. The lowest BCUT2D eigenvalue weighted by Gasteiger charge is -2.19. The van der Waals surface area contributed by atoms with Crippen molar-refractivity contribution in [3.63, 3.8) is 0 Å². The summed E-state index contributed by atoms with van der Waals surface area (Å²) in [5.74, 6) is 2.32. The Labute approximate surface area is 160 Å². The number of hydrogen-bond acceptors (Lipinski definition) is 2. The molecule has 0 aromatic heterocycles. The third-order valence-corrected chi connectivity index (χ3v) is 7.08. The molecule has 0 unspecified atom stereocenters. The molecule has 0 spiro atoms. The van der Waals surface area contributed by atoms with E-state index >= 15 is 0 Å². The van der Waals surface area contributed by atoms with E-state index in [9.17, 15) is 4.79 Å². The van der Waals surface area contributed by atoms with Gasteiger partial charge in [0.1, 0.15) is 0 Å². The number of rotatable bonds is 3. The van der Waals surface area contributed by atoms with E-state index in [0.717, 1.165) is 37.6 Å². The van der Waals surface area contributed by atoms with Gasteiger partial charge in [0.2, 0.25) is 15.6 Å². The monoisotopic (exact) mass is 369 g/mol. The predicted molar refractivity (Wildman–Crippen MR) is 110 cm³/mol. The van der Waals surface area contributed by atoms with Crippen molar-refractivity contribution in [3.8, 4) is 11.5 Å². The molecule has 2 nitrogen and oxygen atoms in total. The van der Waals surface area contributed by atoms with E-state index in [2.05, 4.69) is 18.2 Å². The highest BCUT2D eigenvalue weighted by Crippen LogP contribution is 2.43. The second-order valence-electron chi connectivity index (χ2n) is 6.52. The lowest BCUT2D eigenvalue weighted by atomic mass is 10.1. The van der Waals surface area contributed by atoms with Crippen LogP contribution in [0.3, 0.4) is 0 Å². The number of carbonyl (C=O) groups is 1. The van der Waals surface area contributed by atoms with Gasteiger partial charge in [0.25, 0.3) is 0 Å². The smallest absolute Gasteiger partial charge is 0.212 e. The number of fused-ring (bicyclic) bond motifs is 3. The zero-order chi connectivity index (χ0) is 18.2. The molecule has 0 radical (unpaired) electrons. The zero-order valence-electron chi connectivity index (χ0n) is 14.6. The quantitative estimate of drug-likeness (QED) is 0.334. The highest BCUT2D eigenvalue weighted by Gasteiger charge is 2.38. The summed E-state index contributed by atoms with van der Waals surface area (Å²) in [7, 11) is -0.333. The molecule has 1 heterocycles. The topological polar surface area (TPSA) is 26.3 Å². The van der Waals surface area contributed by atoms with Crippen LogP contribution in [0.25, 0.3) is 10.8 Å². The number of benzene rings is 4. The zero-order valence-corrected chi connectivity index (χ0v) is 15.4. The molecule has 5 rings (SSSR count).